The Morgan fingerprint density at radius 1 is 1.18 bits per heavy atom. The van der Waals surface area contributed by atoms with Gasteiger partial charge >= 0.3 is 6.03 Å². The Kier molecular flexibility index (Phi) is 4.67. The molecule has 3 amide bonds. The molecule has 0 aromatic heterocycles. The average Bonchev–Trinajstić information content (AvgIpc) is 3.49. The zero-order valence-electron chi connectivity index (χ0n) is 15.7. The van der Waals surface area contributed by atoms with Crippen molar-refractivity contribution < 1.29 is 27.3 Å². The van der Waals surface area contributed by atoms with Gasteiger partial charge in [-0.15, -0.1) is 0 Å². The summed E-state index contributed by atoms with van der Waals surface area (Å²) in [6, 6.07) is 4.41. The second-order valence-corrected chi connectivity index (χ2v) is 9.84. The topological polar surface area (TPSA) is 91.2 Å². The number of carbonyl (C=O) groups is 2. The highest BCUT2D eigenvalue weighted by Gasteiger charge is 2.56. The molecular weight excluding hydrogens is 387 g/mol. The predicted molar refractivity (Wildman–Crippen MR) is 97.2 cm³/mol. The monoisotopic (exact) mass is 411 g/mol. The zero-order chi connectivity index (χ0) is 20.1. The number of imide groups is 1. The van der Waals surface area contributed by atoms with E-state index in [9.17, 15) is 22.4 Å². The van der Waals surface area contributed by atoms with Crippen molar-refractivity contribution in [2.24, 2.45) is 5.92 Å². The number of sulfonamides is 1. The molecule has 152 valence electrons. The van der Waals surface area contributed by atoms with Gasteiger partial charge < -0.3 is 10.2 Å². The summed E-state index contributed by atoms with van der Waals surface area (Å²) in [5, 5.41) is 2.83. The standard InChI is InChI=1S/C18H23FN4O4S/c1-18(13-2-3-13)16(24)23(17(25)20-18)12-21-8-10-22(11-9-21)28(26,27)15-6-4-14(19)5-7-15/h4-7,13H,2-3,8-12H2,1H3,(H,20,25)/p+1/t18-/m1/s1. The summed E-state index contributed by atoms with van der Waals surface area (Å²) >= 11 is 0. The summed E-state index contributed by atoms with van der Waals surface area (Å²) in [6.45, 7) is 3.54. The van der Waals surface area contributed by atoms with E-state index in [1.807, 2.05) is 0 Å². The first-order valence-corrected chi connectivity index (χ1v) is 10.9. The van der Waals surface area contributed by atoms with Crippen molar-refractivity contribution in [2.45, 2.75) is 30.2 Å². The van der Waals surface area contributed by atoms with Gasteiger partial charge in [-0.3, -0.25) is 4.79 Å². The van der Waals surface area contributed by atoms with Gasteiger partial charge in [0.05, 0.1) is 31.1 Å². The van der Waals surface area contributed by atoms with Crippen LogP contribution in [0.1, 0.15) is 19.8 Å². The Bertz CT molecular complexity index is 895. The third-order valence-corrected chi connectivity index (χ3v) is 7.87. The van der Waals surface area contributed by atoms with Crippen LogP contribution in [0.3, 0.4) is 0 Å². The van der Waals surface area contributed by atoms with E-state index in [2.05, 4.69) is 5.32 Å². The number of nitrogens with zero attached hydrogens (tertiary/aromatic N) is 2. The minimum absolute atomic E-state index is 0.0617. The lowest BCUT2D eigenvalue weighted by molar-refractivity contribution is -0.910. The van der Waals surface area contributed by atoms with E-state index >= 15 is 0 Å². The first-order valence-electron chi connectivity index (χ1n) is 9.45. The first-order chi connectivity index (χ1) is 13.2. The number of benzene rings is 1. The van der Waals surface area contributed by atoms with E-state index in [0.29, 0.717) is 13.1 Å². The van der Waals surface area contributed by atoms with Crippen LogP contribution in [-0.2, 0) is 14.8 Å². The van der Waals surface area contributed by atoms with Crippen LogP contribution >= 0.6 is 0 Å². The highest BCUT2D eigenvalue weighted by molar-refractivity contribution is 7.89. The van der Waals surface area contributed by atoms with Crippen LogP contribution in [0.15, 0.2) is 29.2 Å². The number of urea groups is 1. The molecule has 1 atom stereocenters. The lowest BCUT2D eigenvalue weighted by Crippen LogP contribution is -3.16. The molecule has 8 nitrogen and oxygen atoms in total. The number of halogens is 1. The second kappa shape index (κ2) is 6.78. The van der Waals surface area contributed by atoms with Crippen molar-refractivity contribution in [1.29, 1.82) is 0 Å². The molecule has 2 saturated heterocycles. The Labute approximate surface area is 163 Å². The fourth-order valence-electron chi connectivity index (χ4n) is 3.98. The number of rotatable bonds is 5. The van der Waals surface area contributed by atoms with Crippen LogP contribution < -0.4 is 10.2 Å². The van der Waals surface area contributed by atoms with E-state index in [-0.39, 0.29) is 42.5 Å². The molecule has 3 fully saturated rings. The first kappa shape index (κ1) is 19.3. The quantitative estimate of drug-likeness (QED) is 0.633. The molecule has 1 aromatic rings. The van der Waals surface area contributed by atoms with Gasteiger partial charge in [0.2, 0.25) is 10.0 Å². The Hall–Kier alpha value is -2.04. The van der Waals surface area contributed by atoms with Crippen LogP contribution in [0.2, 0.25) is 0 Å². The lowest BCUT2D eigenvalue weighted by atomic mass is 9.96. The fourth-order valence-corrected chi connectivity index (χ4v) is 5.42. The van der Waals surface area contributed by atoms with Crippen LogP contribution in [0.4, 0.5) is 9.18 Å². The van der Waals surface area contributed by atoms with Crippen molar-refractivity contribution in [3.8, 4) is 0 Å². The summed E-state index contributed by atoms with van der Waals surface area (Å²) in [5.74, 6) is -0.463. The summed E-state index contributed by atoms with van der Waals surface area (Å²) in [5.41, 5.74) is -0.801. The highest BCUT2D eigenvalue weighted by atomic mass is 32.2. The zero-order valence-corrected chi connectivity index (χ0v) is 16.5. The van der Waals surface area contributed by atoms with E-state index in [1.165, 1.54) is 21.3 Å². The van der Waals surface area contributed by atoms with Gasteiger partial charge in [0, 0.05) is 0 Å². The summed E-state index contributed by atoms with van der Waals surface area (Å²) in [6.07, 6.45) is 1.90. The molecule has 2 heterocycles. The Balaban J connectivity index is 1.37. The molecule has 0 bridgehead atoms. The average molecular weight is 411 g/mol. The van der Waals surface area contributed by atoms with E-state index < -0.39 is 21.4 Å². The van der Waals surface area contributed by atoms with E-state index in [4.69, 9.17) is 0 Å². The van der Waals surface area contributed by atoms with E-state index in [0.717, 1.165) is 29.9 Å². The largest absolute Gasteiger partial charge is 0.329 e. The van der Waals surface area contributed by atoms with Gasteiger partial charge in [-0.05, 0) is 49.9 Å². The number of carbonyl (C=O) groups excluding carboxylic acids is 2. The van der Waals surface area contributed by atoms with Crippen LogP contribution in [0.5, 0.6) is 0 Å². The molecule has 0 spiro atoms. The maximum atomic E-state index is 13.1. The highest BCUT2D eigenvalue weighted by Crippen LogP contribution is 2.42. The summed E-state index contributed by atoms with van der Waals surface area (Å²) < 4.78 is 39.8. The van der Waals surface area contributed by atoms with Crippen molar-refractivity contribution in [3.05, 3.63) is 30.1 Å². The lowest BCUT2D eigenvalue weighted by Gasteiger charge is -2.33. The molecule has 1 saturated carbocycles. The Morgan fingerprint density at radius 3 is 2.36 bits per heavy atom. The molecule has 1 aromatic carbocycles. The molecule has 2 aliphatic heterocycles. The number of quaternary nitrogens is 1. The maximum Gasteiger partial charge on any atom is 0.329 e. The summed E-state index contributed by atoms with van der Waals surface area (Å²) in [7, 11) is -3.68. The minimum atomic E-state index is -3.68. The van der Waals surface area contributed by atoms with Crippen molar-refractivity contribution >= 4 is 22.0 Å². The number of hydrogen-bond acceptors (Lipinski definition) is 4. The molecule has 0 radical (unpaired) electrons. The number of hydrogen-bond donors (Lipinski definition) is 2. The van der Waals surface area contributed by atoms with Crippen molar-refractivity contribution in [2.75, 3.05) is 32.8 Å². The van der Waals surface area contributed by atoms with Gasteiger partial charge in [-0.1, -0.05) is 0 Å². The van der Waals surface area contributed by atoms with Gasteiger partial charge in [-0.2, -0.15) is 4.31 Å². The molecular formula is C18H24FN4O4S+. The molecule has 1 aliphatic carbocycles. The van der Waals surface area contributed by atoms with Gasteiger partial charge in [-0.25, -0.2) is 22.5 Å². The number of nitrogens with one attached hydrogen (secondary N) is 2. The maximum absolute atomic E-state index is 13.1. The predicted octanol–water partition coefficient (Wildman–Crippen LogP) is -0.607. The van der Waals surface area contributed by atoms with Gasteiger partial charge in [0.25, 0.3) is 5.91 Å². The number of piperazine rings is 1. The summed E-state index contributed by atoms with van der Waals surface area (Å²) in [4.78, 5) is 27.3. The van der Waals surface area contributed by atoms with Crippen molar-refractivity contribution in [1.82, 2.24) is 14.5 Å². The smallest absolute Gasteiger partial charge is 0.323 e. The van der Waals surface area contributed by atoms with Crippen molar-refractivity contribution in [3.63, 3.8) is 0 Å². The Morgan fingerprint density at radius 2 is 1.79 bits per heavy atom. The second-order valence-electron chi connectivity index (χ2n) is 7.91. The molecule has 28 heavy (non-hydrogen) atoms. The van der Waals surface area contributed by atoms with Crippen LogP contribution in [-0.4, -0.2) is 67.9 Å². The van der Waals surface area contributed by atoms with Gasteiger partial charge in [0.15, 0.2) is 6.67 Å². The minimum Gasteiger partial charge on any atom is -0.323 e. The molecule has 3 aliphatic rings. The molecule has 0 unspecified atom stereocenters. The number of amides is 3. The van der Waals surface area contributed by atoms with Gasteiger partial charge in [0.1, 0.15) is 11.4 Å². The molecule has 10 heteroatoms. The SMILES string of the molecule is C[C@]1(C2CC2)NC(=O)N(C[NH+]2CCN(S(=O)(=O)c3ccc(F)cc3)CC2)C1=O. The fraction of sp³-hybridized carbons (Fsp3) is 0.556. The molecule has 2 N–H and O–H groups in total. The normalized spacial score (nSPS) is 27.3. The third-order valence-electron chi connectivity index (χ3n) is 5.96. The van der Waals surface area contributed by atoms with E-state index in [1.54, 1.807) is 6.92 Å². The molecule has 4 rings (SSSR count). The van der Waals surface area contributed by atoms with Crippen LogP contribution in [0, 0.1) is 11.7 Å². The van der Waals surface area contributed by atoms with Crippen LogP contribution in [0.25, 0.3) is 0 Å². The third kappa shape index (κ3) is 3.29.